The summed E-state index contributed by atoms with van der Waals surface area (Å²) >= 11 is 1.35. The molecule has 0 fully saturated rings. The lowest BCUT2D eigenvalue weighted by Crippen LogP contribution is -2.04. The second-order valence-electron chi connectivity index (χ2n) is 6.47. The van der Waals surface area contributed by atoms with Gasteiger partial charge in [-0.1, -0.05) is 6.07 Å². The molecule has 0 amide bonds. The van der Waals surface area contributed by atoms with Gasteiger partial charge in [-0.15, -0.1) is 16.9 Å². The molecule has 8 nitrogen and oxygen atoms in total. The number of anilines is 1. The summed E-state index contributed by atoms with van der Waals surface area (Å²) in [6.07, 6.45) is 5.30. The van der Waals surface area contributed by atoms with E-state index < -0.39 is 0 Å². The van der Waals surface area contributed by atoms with E-state index in [4.69, 9.17) is 4.74 Å². The van der Waals surface area contributed by atoms with Gasteiger partial charge >= 0.3 is 0 Å². The maximum atomic E-state index is 9.88. The number of pyridine rings is 1. The summed E-state index contributed by atoms with van der Waals surface area (Å²) in [5.41, 5.74) is 3.41. The Hall–Kier alpha value is -4.08. The smallest absolute Gasteiger partial charge is 0.177 e. The SMILES string of the molecule is COc1ccc(-c2c(C#N)c(SC)nc3c(C#N)c(NCc4cccnc4)nn23)cc1. The lowest BCUT2D eigenvalue weighted by molar-refractivity contribution is 0.415. The maximum Gasteiger partial charge on any atom is 0.177 e. The third-order valence-electron chi connectivity index (χ3n) is 4.69. The van der Waals surface area contributed by atoms with Gasteiger partial charge in [-0.05, 0) is 42.2 Å². The minimum Gasteiger partial charge on any atom is -0.497 e. The van der Waals surface area contributed by atoms with Crippen LogP contribution in [0.1, 0.15) is 16.7 Å². The first-order chi connectivity index (χ1) is 15.2. The molecular formula is C22H17N7OS. The van der Waals surface area contributed by atoms with Crippen molar-refractivity contribution in [2.45, 2.75) is 11.6 Å². The number of nitrogens with zero attached hydrogens (tertiary/aromatic N) is 6. The first kappa shape index (κ1) is 20.2. The van der Waals surface area contributed by atoms with Crippen LogP contribution >= 0.6 is 11.8 Å². The van der Waals surface area contributed by atoms with E-state index >= 15 is 0 Å². The minimum atomic E-state index is 0.318. The van der Waals surface area contributed by atoms with E-state index in [-0.39, 0.29) is 0 Å². The molecule has 3 heterocycles. The van der Waals surface area contributed by atoms with Crippen LogP contribution in [-0.2, 0) is 6.54 Å². The number of nitriles is 2. The predicted octanol–water partition coefficient (Wildman–Crippen LogP) is 3.88. The standard InChI is InChI=1S/C22H17N7OS/c1-30-16-7-5-15(6-8-16)19-17(10-23)22(31-2)27-21-18(11-24)20(28-29(19)21)26-13-14-4-3-9-25-12-14/h3-9,12H,13H2,1-2H3,(H,26,28). The fourth-order valence-corrected chi connectivity index (χ4v) is 3.73. The Morgan fingerprint density at radius 2 is 1.90 bits per heavy atom. The fourth-order valence-electron chi connectivity index (χ4n) is 3.21. The van der Waals surface area contributed by atoms with Crippen molar-refractivity contribution in [2.24, 2.45) is 0 Å². The first-order valence-electron chi connectivity index (χ1n) is 9.28. The van der Waals surface area contributed by atoms with Crippen molar-refractivity contribution in [1.29, 1.82) is 10.5 Å². The largest absolute Gasteiger partial charge is 0.497 e. The Labute approximate surface area is 183 Å². The number of hydrogen-bond acceptors (Lipinski definition) is 8. The molecular weight excluding hydrogens is 410 g/mol. The summed E-state index contributed by atoms with van der Waals surface area (Å²) in [5.74, 6) is 1.10. The summed E-state index contributed by atoms with van der Waals surface area (Å²) in [6.45, 7) is 0.449. The molecule has 0 atom stereocenters. The van der Waals surface area contributed by atoms with E-state index in [1.54, 1.807) is 24.0 Å². The lowest BCUT2D eigenvalue weighted by atomic mass is 10.1. The van der Waals surface area contributed by atoms with Crippen LogP contribution in [0.3, 0.4) is 0 Å². The van der Waals surface area contributed by atoms with Gasteiger partial charge in [0, 0.05) is 24.5 Å². The molecule has 1 N–H and O–H groups in total. The number of thioether (sulfide) groups is 1. The molecule has 0 bridgehead atoms. The van der Waals surface area contributed by atoms with E-state index in [2.05, 4.69) is 32.5 Å². The van der Waals surface area contributed by atoms with Crippen molar-refractivity contribution in [1.82, 2.24) is 19.6 Å². The van der Waals surface area contributed by atoms with Crippen molar-refractivity contribution in [2.75, 3.05) is 18.7 Å². The maximum absolute atomic E-state index is 9.88. The number of fused-ring (bicyclic) bond motifs is 1. The third kappa shape index (κ3) is 3.75. The van der Waals surface area contributed by atoms with Gasteiger partial charge in [-0.3, -0.25) is 4.98 Å². The van der Waals surface area contributed by atoms with Crippen molar-refractivity contribution in [3.05, 3.63) is 65.5 Å². The fraction of sp³-hybridized carbons (Fsp3) is 0.136. The number of rotatable bonds is 6. The first-order valence-corrected chi connectivity index (χ1v) is 10.5. The highest BCUT2D eigenvalue weighted by molar-refractivity contribution is 7.98. The number of hydrogen-bond donors (Lipinski definition) is 1. The normalized spacial score (nSPS) is 10.5. The Balaban J connectivity index is 1.91. The van der Waals surface area contributed by atoms with Crippen LogP contribution in [0.15, 0.2) is 53.8 Å². The average Bonchev–Trinajstić information content (AvgIpc) is 3.19. The van der Waals surface area contributed by atoms with Crippen LogP contribution < -0.4 is 10.1 Å². The molecule has 0 saturated carbocycles. The predicted molar refractivity (Wildman–Crippen MR) is 118 cm³/mol. The third-order valence-corrected chi connectivity index (χ3v) is 5.38. The van der Waals surface area contributed by atoms with E-state index in [0.29, 0.717) is 45.6 Å². The van der Waals surface area contributed by atoms with Crippen LogP contribution in [0, 0.1) is 22.7 Å². The molecule has 4 rings (SSSR count). The quantitative estimate of drug-likeness (QED) is 0.364. The zero-order chi connectivity index (χ0) is 21.8. The highest BCUT2D eigenvalue weighted by Crippen LogP contribution is 2.33. The Kier molecular flexibility index (Phi) is 5.69. The highest BCUT2D eigenvalue weighted by atomic mass is 32.2. The Bertz CT molecular complexity index is 1320. The minimum absolute atomic E-state index is 0.318. The van der Waals surface area contributed by atoms with Gasteiger partial charge in [0.25, 0.3) is 0 Å². The number of methoxy groups -OCH3 is 1. The van der Waals surface area contributed by atoms with Gasteiger partial charge in [0.15, 0.2) is 11.5 Å². The van der Waals surface area contributed by atoms with Crippen molar-refractivity contribution >= 4 is 23.2 Å². The van der Waals surface area contributed by atoms with Crippen LogP contribution in [0.2, 0.25) is 0 Å². The topological polar surface area (TPSA) is 112 Å². The average molecular weight is 427 g/mol. The van der Waals surface area contributed by atoms with Gasteiger partial charge < -0.3 is 10.1 Å². The summed E-state index contributed by atoms with van der Waals surface area (Å²) < 4.78 is 6.81. The highest BCUT2D eigenvalue weighted by Gasteiger charge is 2.23. The number of benzene rings is 1. The van der Waals surface area contributed by atoms with Crippen LogP contribution in [-0.4, -0.2) is 32.9 Å². The molecule has 4 aromatic rings. The number of ether oxygens (including phenoxy) is 1. The Morgan fingerprint density at radius 3 is 2.52 bits per heavy atom. The van der Waals surface area contributed by atoms with Crippen LogP contribution in [0.5, 0.6) is 5.75 Å². The second-order valence-corrected chi connectivity index (χ2v) is 7.27. The van der Waals surface area contributed by atoms with Gasteiger partial charge in [0.2, 0.25) is 0 Å². The zero-order valence-corrected chi connectivity index (χ0v) is 17.6. The van der Waals surface area contributed by atoms with E-state index in [0.717, 1.165) is 11.1 Å². The Morgan fingerprint density at radius 1 is 1.13 bits per heavy atom. The van der Waals surface area contributed by atoms with E-state index in [9.17, 15) is 10.5 Å². The molecule has 9 heteroatoms. The summed E-state index contributed by atoms with van der Waals surface area (Å²) in [5, 5.41) is 28.1. The zero-order valence-electron chi connectivity index (χ0n) is 16.8. The molecule has 0 unspecified atom stereocenters. The van der Waals surface area contributed by atoms with Gasteiger partial charge in [-0.25, -0.2) is 9.50 Å². The molecule has 31 heavy (non-hydrogen) atoms. The van der Waals surface area contributed by atoms with Crippen molar-refractivity contribution < 1.29 is 4.74 Å². The number of nitrogens with one attached hydrogen (secondary N) is 1. The molecule has 1 aromatic carbocycles. The molecule has 0 aliphatic carbocycles. The summed E-state index contributed by atoms with van der Waals surface area (Å²) in [7, 11) is 1.60. The van der Waals surface area contributed by atoms with Crippen molar-refractivity contribution in [3.8, 4) is 29.1 Å². The van der Waals surface area contributed by atoms with Gasteiger partial charge in [0.1, 0.15) is 34.0 Å². The molecule has 0 saturated heterocycles. The summed E-state index contributed by atoms with van der Waals surface area (Å²) in [4.78, 5) is 8.68. The number of aromatic nitrogens is 4. The van der Waals surface area contributed by atoms with Crippen molar-refractivity contribution in [3.63, 3.8) is 0 Å². The van der Waals surface area contributed by atoms with Crippen LogP contribution in [0.4, 0.5) is 5.82 Å². The molecule has 0 spiro atoms. The van der Waals surface area contributed by atoms with E-state index in [1.807, 2.05) is 42.7 Å². The van der Waals surface area contributed by atoms with E-state index in [1.165, 1.54) is 11.8 Å². The monoisotopic (exact) mass is 427 g/mol. The van der Waals surface area contributed by atoms with Crippen LogP contribution in [0.25, 0.3) is 16.9 Å². The summed E-state index contributed by atoms with van der Waals surface area (Å²) in [6, 6.07) is 15.6. The molecule has 152 valence electrons. The lowest BCUT2D eigenvalue weighted by Gasteiger charge is -2.11. The molecule has 0 aliphatic rings. The molecule has 0 radical (unpaired) electrons. The van der Waals surface area contributed by atoms with Gasteiger partial charge in [0.05, 0.1) is 12.8 Å². The second kappa shape index (κ2) is 8.74. The molecule has 0 aliphatic heterocycles. The molecule has 3 aromatic heterocycles. The van der Waals surface area contributed by atoms with Gasteiger partial charge in [-0.2, -0.15) is 10.5 Å².